The standard InChI is InChI=1S/C10H19IN2O2/c1-8(2)15-9-3-5-13(6-4-9)10(14)7-12-11/h8-9,12H,3-7H2,1-2H3. The number of amides is 1. The quantitative estimate of drug-likeness (QED) is 0.626. The van der Waals surface area contributed by atoms with Gasteiger partial charge < -0.3 is 9.64 Å². The average Bonchev–Trinajstić information content (AvgIpc) is 2.18. The molecule has 1 saturated heterocycles. The van der Waals surface area contributed by atoms with Crippen LogP contribution in [0.1, 0.15) is 26.7 Å². The molecule has 1 rings (SSSR count). The van der Waals surface area contributed by atoms with Crippen molar-refractivity contribution >= 4 is 28.8 Å². The highest BCUT2D eigenvalue weighted by Crippen LogP contribution is 2.15. The lowest BCUT2D eigenvalue weighted by atomic mass is 10.1. The molecule has 0 spiro atoms. The highest BCUT2D eigenvalue weighted by Gasteiger charge is 2.23. The van der Waals surface area contributed by atoms with Gasteiger partial charge in [0.05, 0.1) is 18.8 Å². The Balaban J connectivity index is 2.26. The minimum absolute atomic E-state index is 0.187. The fourth-order valence-corrected chi connectivity index (χ4v) is 2.12. The molecule has 0 bridgehead atoms. The molecule has 0 unspecified atom stereocenters. The van der Waals surface area contributed by atoms with Crippen LogP contribution in [0, 0.1) is 0 Å². The zero-order valence-corrected chi connectivity index (χ0v) is 11.5. The maximum absolute atomic E-state index is 11.5. The topological polar surface area (TPSA) is 41.6 Å². The van der Waals surface area contributed by atoms with E-state index in [0.717, 1.165) is 25.9 Å². The summed E-state index contributed by atoms with van der Waals surface area (Å²) in [7, 11) is 0. The van der Waals surface area contributed by atoms with Crippen LogP contribution in [0.15, 0.2) is 0 Å². The van der Waals surface area contributed by atoms with E-state index in [2.05, 4.69) is 17.4 Å². The Hall–Kier alpha value is 0.120. The molecule has 4 nitrogen and oxygen atoms in total. The van der Waals surface area contributed by atoms with E-state index in [1.165, 1.54) is 0 Å². The van der Waals surface area contributed by atoms with Gasteiger partial charge in [-0.15, -0.1) is 0 Å². The fourth-order valence-electron chi connectivity index (χ4n) is 1.80. The largest absolute Gasteiger partial charge is 0.375 e. The number of hydrogen-bond donors (Lipinski definition) is 1. The Labute approximate surface area is 105 Å². The van der Waals surface area contributed by atoms with Crippen LogP contribution in [0.5, 0.6) is 0 Å². The Bertz CT molecular complexity index is 204. The smallest absolute Gasteiger partial charge is 0.237 e. The van der Waals surface area contributed by atoms with Gasteiger partial charge in [-0.25, -0.2) is 0 Å². The molecule has 5 heteroatoms. The van der Waals surface area contributed by atoms with Gasteiger partial charge in [-0.2, -0.15) is 0 Å². The van der Waals surface area contributed by atoms with Crippen LogP contribution >= 0.6 is 22.9 Å². The second kappa shape index (κ2) is 6.65. The van der Waals surface area contributed by atoms with Crippen molar-refractivity contribution in [2.24, 2.45) is 0 Å². The molecule has 15 heavy (non-hydrogen) atoms. The molecule has 1 amide bonds. The van der Waals surface area contributed by atoms with Crippen molar-refractivity contribution in [2.75, 3.05) is 19.6 Å². The maximum Gasteiger partial charge on any atom is 0.237 e. The molecule has 0 saturated carbocycles. The zero-order chi connectivity index (χ0) is 11.3. The molecular weight excluding hydrogens is 307 g/mol. The van der Waals surface area contributed by atoms with E-state index in [-0.39, 0.29) is 12.0 Å². The van der Waals surface area contributed by atoms with Gasteiger partial charge in [-0.05, 0) is 26.7 Å². The van der Waals surface area contributed by atoms with Crippen molar-refractivity contribution in [3.63, 3.8) is 0 Å². The predicted octanol–water partition coefficient (Wildman–Crippen LogP) is 1.34. The second-order valence-electron chi connectivity index (χ2n) is 4.08. The minimum Gasteiger partial charge on any atom is -0.375 e. The molecular formula is C10H19IN2O2. The van der Waals surface area contributed by atoms with E-state index in [1.807, 2.05) is 27.8 Å². The lowest BCUT2D eigenvalue weighted by Crippen LogP contribution is -2.43. The molecule has 1 N–H and O–H groups in total. The Morgan fingerprint density at radius 1 is 1.53 bits per heavy atom. The first-order valence-corrected chi connectivity index (χ1v) is 6.48. The van der Waals surface area contributed by atoms with Crippen LogP contribution < -0.4 is 3.53 Å². The van der Waals surface area contributed by atoms with Crippen molar-refractivity contribution in [3.8, 4) is 0 Å². The molecule has 1 heterocycles. The molecule has 1 aliphatic rings. The van der Waals surface area contributed by atoms with Gasteiger partial charge in [0.1, 0.15) is 0 Å². The highest BCUT2D eigenvalue weighted by atomic mass is 127. The van der Waals surface area contributed by atoms with E-state index < -0.39 is 0 Å². The average molecular weight is 326 g/mol. The van der Waals surface area contributed by atoms with E-state index in [1.54, 1.807) is 0 Å². The summed E-state index contributed by atoms with van der Waals surface area (Å²) in [6, 6.07) is 0. The molecule has 0 aromatic heterocycles. The van der Waals surface area contributed by atoms with Crippen molar-refractivity contribution < 1.29 is 9.53 Å². The molecule has 0 radical (unpaired) electrons. The van der Waals surface area contributed by atoms with Gasteiger partial charge in [0, 0.05) is 36.0 Å². The summed E-state index contributed by atoms with van der Waals surface area (Å²) in [6.45, 7) is 6.19. The SMILES string of the molecule is CC(C)OC1CCN(C(=O)CNI)CC1. The first kappa shape index (κ1) is 13.2. The van der Waals surface area contributed by atoms with Gasteiger partial charge in [0.2, 0.25) is 5.91 Å². The third-order valence-corrected chi connectivity index (χ3v) is 2.86. The Kier molecular flexibility index (Phi) is 5.84. The van der Waals surface area contributed by atoms with Crippen LogP contribution in [0.2, 0.25) is 0 Å². The van der Waals surface area contributed by atoms with E-state index >= 15 is 0 Å². The van der Waals surface area contributed by atoms with Crippen LogP contribution in [0.25, 0.3) is 0 Å². The van der Waals surface area contributed by atoms with Gasteiger partial charge in [-0.1, -0.05) is 0 Å². The monoisotopic (exact) mass is 326 g/mol. The van der Waals surface area contributed by atoms with Crippen molar-refractivity contribution in [3.05, 3.63) is 0 Å². The number of piperidine rings is 1. The third kappa shape index (κ3) is 4.65. The van der Waals surface area contributed by atoms with Crippen molar-refractivity contribution in [2.45, 2.75) is 38.9 Å². The number of likely N-dealkylation sites (tertiary alicyclic amines) is 1. The van der Waals surface area contributed by atoms with Crippen LogP contribution in [0.4, 0.5) is 0 Å². The fraction of sp³-hybridized carbons (Fsp3) is 0.900. The van der Waals surface area contributed by atoms with Crippen LogP contribution in [-0.2, 0) is 9.53 Å². The first-order valence-electron chi connectivity index (χ1n) is 5.40. The van der Waals surface area contributed by atoms with Gasteiger partial charge in [0.15, 0.2) is 0 Å². The molecule has 0 atom stereocenters. The van der Waals surface area contributed by atoms with E-state index in [4.69, 9.17) is 4.74 Å². The predicted molar refractivity (Wildman–Crippen MR) is 67.8 cm³/mol. The first-order chi connectivity index (χ1) is 7.13. The molecule has 1 aliphatic heterocycles. The second-order valence-corrected chi connectivity index (χ2v) is 4.84. The van der Waals surface area contributed by atoms with Crippen molar-refractivity contribution in [1.29, 1.82) is 0 Å². The summed E-state index contributed by atoms with van der Waals surface area (Å²) in [5.74, 6) is 0.187. The summed E-state index contributed by atoms with van der Waals surface area (Å²) in [4.78, 5) is 13.5. The third-order valence-electron chi connectivity index (χ3n) is 2.48. The number of halogens is 1. The zero-order valence-electron chi connectivity index (χ0n) is 9.33. The van der Waals surface area contributed by atoms with Crippen LogP contribution in [0.3, 0.4) is 0 Å². The molecule has 0 aliphatic carbocycles. The number of nitrogens with zero attached hydrogens (tertiary/aromatic N) is 1. The molecule has 1 fully saturated rings. The van der Waals surface area contributed by atoms with E-state index in [0.29, 0.717) is 12.6 Å². The van der Waals surface area contributed by atoms with Crippen molar-refractivity contribution in [1.82, 2.24) is 8.43 Å². The van der Waals surface area contributed by atoms with Gasteiger partial charge in [0.25, 0.3) is 0 Å². The normalized spacial score (nSPS) is 18.5. The number of nitrogens with one attached hydrogen (secondary N) is 1. The molecule has 0 aromatic rings. The minimum atomic E-state index is 0.187. The van der Waals surface area contributed by atoms with E-state index in [9.17, 15) is 4.79 Å². The number of carbonyl (C=O) groups is 1. The lowest BCUT2D eigenvalue weighted by molar-refractivity contribution is -0.132. The summed E-state index contributed by atoms with van der Waals surface area (Å²) in [5.41, 5.74) is 0. The maximum atomic E-state index is 11.5. The number of hydrogen-bond acceptors (Lipinski definition) is 3. The Morgan fingerprint density at radius 2 is 2.13 bits per heavy atom. The number of rotatable bonds is 4. The molecule has 88 valence electrons. The highest BCUT2D eigenvalue weighted by molar-refractivity contribution is 14.1. The van der Waals surface area contributed by atoms with Gasteiger partial charge in [-0.3, -0.25) is 8.32 Å². The van der Waals surface area contributed by atoms with Gasteiger partial charge >= 0.3 is 0 Å². The Morgan fingerprint density at radius 3 is 2.60 bits per heavy atom. The number of carbonyl (C=O) groups excluding carboxylic acids is 1. The summed E-state index contributed by atoms with van der Waals surface area (Å²) in [5, 5.41) is 0. The lowest BCUT2D eigenvalue weighted by Gasteiger charge is -2.32. The summed E-state index contributed by atoms with van der Waals surface area (Å²) < 4.78 is 8.58. The molecule has 0 aromatic carbocycles. The summed E-state index contributed by atoms with van der Waals surface area (Å²) in [6.07, 6.45) is 2.55. The summed E-state index contributed by atoms with van der Waals surface area (Å²) >= 11 is 2.00. The number of ether oxygens (including phenoxy) is 1. The van der Waals surface area contributed by atoms with Crippen LogP contribution in [-0.4, -0.2) is 42.6 Å².